The Morgan fingerprint density at radius 2 is 1.90 bits per heavy atom. The molecular weight excluding hydrogens is 283 g/mol. The quantitative estimate of drug-likeness (QED) is 0.806. The van der Waals surface area contributed by atoms with Gasteiger partial charge in [-0.15, -0.1) is 0 Å². The number of nitrogen functional groups attached to an aromatic ring is 1. The Bertz CT molecular complexity index is 526. The maximum absolute atomic E-state index is 12.9. The molecule has 6 heteroatoms. The van der Waals surface area contributed by atoms with Gasteiger partial charge in [-0.3, -0.25) is 4.79 Å². The highest BCUT2D eigenvalue weighted by atomic mass is 19.4. The maximum Gasteiger partial charge on any atom is 0.416 e. The fourth-order valence-electron chi connectivity index (χ4n) is 2.72. The highest BCUT2D eigenvalue weighted by Crippen LogP contribution is 2.42. The highest BCUT2D eigenvalue weighted by Gasteiger charge is 2.45. The molecular formula is C15H20F3NO2. The molecule has 1 rings (SSSR count). The van der Waals surface area contributed by atoms with Crippen molar-refractivity contribution in [2.75, 3.05) is 5.73 Å². The molecule has 1 unspecified atom stereocenters. The Labute approximate surface area is 122 Å². The molecule has 1 aromatic rings. The molecule has 0 aliphatic rings. The summed E-state index contributed by atoms with van der Waals surface area (Å²) in [5.41, 5.74) is 3.62. The number of nitrogens with two attached hydrogens (primary N) is 1. The summed E-state index contributed by atoms with van der Waals surface area (Å²) in [6.07, 6.45) is -3.78. The summed E-state index contributed by atoms with van der Waals surface area (Å²) in [5.74, 6) is -1.54. The fourth-order valence-corrected chi connectivity index (χ4v) is 2.72. The van der Waals surface area contributed by atoms with Gasteiger partial charge in [0.15, 0.2) is 0 Å². The summed E-state index contributed by atoms with van der Waals surface area (Å²) in [5, 5.41) is 9.66. The molecule has 0 aromatic heterocycles. The average molecular weight is 303 g/mol. The molecule has 0 spiro atoms. The molecule has 0 aliphatic carbocycles. The number of hydrogen-bond donors (Lipinski definition) is 2. The topological polar surface area (TPSA) is 63.3 Å². The van der Waals surface area contributed by atoms with Gasteiger partial charge in [0.2, 0.25) is 0 Å². The molecule has 1 atom stereocenters. The molecule has 0 amide bonds. The van der Waals surface area contributed by atoms with Gasteiger partial charge in [0, 0.05) is 5.69 Å². The summed E-state index contributed by atoms with van der Waals surface area (Å²) in [6, 6.07) is 2.88. The van der Waals surface area contributed by atoms with Crippen LogP contribution in [0, 0.1) is 5.92 Å². The van der Waals surface area contributed by atoms with Gasteiger partial charge in [-0.05, 0) is 36.1 Å². The number of alkyl halides is 3. The van der Waals surface area contributed by atoms with Crippen molar-refractivity contribution in [3.63, 3.8) is 0 Å². The van der Waals surface area contributed by atoms with Crippen LogP contribution in [0.5, 0.6) is 0 Å². The number of carboxylic acid groups (broad SMARTS) is 1. The normalized spacial score (nSPS) is 15.0. The second-order valence-electron chi connectivity index (χ2n) is 5.48. The molecule has 118 valence electrons. The predicted octanol–water partition coefficient (Wildman–Crippen LogP) is 4.07. The lowest BCUT2D eigenvalue weighted by Gasteiger charge is -2.35. The van der Waals surface area contributed by atoms with Crippen molar-refractivity contribution in [1.29, 1.82) is 0 Å². The zero-order valence-corrected chi connectivity index (χ0v) is 12.3. The third-order valence-electron chi connectivity index (χ3n) is 3.87. The third-order valence-corrected chi connectivity index (χ3v) is 3.87. The van der Waals surface area contributed by atoms with Crippen LogP contribution in [0.15, 0.2) is 18.2 Å². The van der Waals surface area contributed by atoms with Crippen LogP contribution in [-0.2, 0) is 16.4 Å². The molecule has 21 heavy (non-hydrogen) atoms. The van der Waals surface area contributed by atoms with Gasteiger partial charge in [-0.2, -0.15) is 13.2 Å². The van der Waals surface area contributed by atoms with E-state index in [1.54, 1.807) is 20.8 Å². The number of rotatable bonds is 5. The lowest BCUT2D eigenvalue weighted by molar-refractivity contribution is -0.146. The zero-order valence-electron chi connectivity index (χ0n) is 12.3. The molecule has 0 heterocycles. The first-order chi connectivity index (χ1) is 9.57. The van der Waals surface area contributed by atoms with E-state index in [0.29, 0.717) is 6.42 Å². The van der Waals surface area contributed by atoms with Crippen LogP contribution in [0.1, 0.15) is 44.7 Å². The third kappa shape index (κ3) is 3.14. The molecule has 3 N–H and O–H groups in total. The van der Waals surface area contributed by atoms with Crippen LogP contribution in [0.4, 0.5) is 18.9 Å². The molecule has 0 saturated carbocycles. The smallest absolute Gasteiger partial charge is 0.416 e. The first-order valence-electron chi connectivity index (χ1n) is 6.78. The van der Waals surface area contributed by atoms with E-state index in [1.165, 1.54) is 0 Å². The second-order valence-corrected chi connectivity index (χ2v) is 5.48. The number of anilines is 1. The number of aliphatic carboxylic acids is 1. The van der Waals surface area contributed by atoms with Gasteiger partial charge in [-0.25, -0.2) is 0 Å². The van der Waals surface area contributed by atoms with E-state index < -0.39 is 23.1 Å². The Kier molecular flexibility index (Phi) is 4.91. The fraction of sp³-hybridized carbons (Fsp3) is 0.533. The van der Waals surface area contributed by atoms with Gasteiger partial charge in [0.05, 0.1) is 11.0 Å². The number of carbonyl (C=O) groups is 1. The van der Waals surface area contributed by atoms with Crippen molar-refractivity contribution in [3.05, 3.63) is 29.3 Å². The highest BCUT2D eigenvalue weighted by molar-refractivity contribution is 5.84. The molecule has 1 aromatic carbocycles. The van der Waals surface area contributed by atoms with Crippen LogP contribution in [0.2, 0.25) is 0 Å². The Hall–Kier alpha value is -1.72. The van der Waals surface area contributed by atoms with Crippen LogP contribution >= 0.6 is 0 Å². The van der Waals surface area contributed by atoms with E-state index in [1.807, 2.05) is 0 Å². The lowest BCUT2D eigenvalue weighted by atomic mass is 9.68. The van der Waals surface area contributed by atoms with E-state index in [4.69, 9.17) is 5.73 Å². The van der Waals surface area contributed by atoms with Gasteiger partial charge in [-0.1, -0.05) is 27.2 Å². The largest absolute Gasteiger partial charge is 0.481 e. The molecule has 0 radical (unpaired) electrons. The van der Waals surface area contributed by atoms with E-state index in [0.717, 1.165) is 18.2 Å². The van der Waals surface area contributed by atoms with Crippen LogP contribution in [0.3, 0.4) is 0 Å². The van der Waals surface area contributed by atoms with Crippen LogP contribution in [0.25, 0.3) is 0 Å². The van der Waals surface area contributed by atoms with E-state index in [9.17, 15) is 23.1 Å². The van der Waals surface area contributed by atoms with E-state index in [-0.39, 0.29) is 23.6 Å². The van der Waals surface area contributed by atoms with Gasteiger partial charge >= 0.3 is 12.1 Å². The minimum atomic E-state index is -4.53. The summed E-state index contributed by atoms with van der Waals surface area (Å²) in [4.78, 5) is 11.8. The number of carboxylic acids is 1. The SMILES string of the molecule is CCCC(C(=O)O)(c1cc(C(F)(F)F)ccc1N)C(C)C. The van der Waals surface area contributed by atoms with Crippen molar-refractivity contribution in [2.24, 2.45) is 5.92 Å². The Balaban J connectivity index is 3.61. The molecule has 0 fully saturated rings. The van der Waals surface area contributed by atoms with Gasteiger partial charge < -0.3 is 10.8 Å². The van der Waals surface area contributed by atoms with Crippen molar-refractivity contribution >= 4 is 11.7 Å². The Morgan fingerprint density at radius 1 is 1.33 bits per heavy atom. The number of benzene rings is 1. The monoisotopic (exact) mass is 303 g/mol. The zero-order chi connectivity index (χ0) is 16.4. The summed E-state index contributed by atoms with van der Waals surface area (Å²) in [6.45, 7) is 5.16. The van der Waals surface area contributed by atoms with Crippen LogP contribution in [-0.4, -0.2) is 11.1 Å². The first-order valence-corrected chi connectivity index (χ1v) is 6.78. The number of halogens is 3. The lowest BCUT2D eigenvalue weighted by Crippen LogP contribution is -2.41. The summed E-state index contributed by atoms with van der Waals surface area (Å²) >= 11 is 0. The second kappa shape index (κ2) is 5.95. The molecule has 0 bridgehead atoms. The van der Waals surface area contributed by atoms with Crippen molar-refractivity contribution in [3.8, 4) is 0 Å². The van der Waals surface area contributed by atoms with Crippen molar-refractivity contribution in [2.45, 2.75) is 45.2 Å². The predicted molar refractivity (Wildman–Crippen MR) is 74.9 cm³/mol. The average Bonchev–Trinajstić information content (AvgIpc) is 2.34. The molecule has 0 saturated heterocycles. The van der Waals surface area contributed by atoms with E-state index in [2.05, 4.69) is 0 Å². The summed E-state index contributed by atoms with van der Waals surface area (Å²) in [7, 11) is 0. The summed E-state index contributed by atoms with van der Waals surface area (Å²) < 4.78 is 38.7. The maximum atomic E-state index is 12.9. The van der Waals surface area contributed by atoms with Gasteiger partial charge in [0.1, 0.15) is 0 Å². The minimum Gasteiger partial charge on any atom is -0.481 e. The Morgan fingerprint density at radius 3 is 2.29 bits per heavy atom. The number of hydrogen-bond acceptors (Lipinski definition) is 2. The van der Waals surface area contributed by atoms with Crippen molar-refractivity contribution in [1.82, 2.24) is 0 Å². The first kappa shape index (κ1) is 17.3. The van der Waals surface area contributed by atoms with Crippen LogP contribution < -0.4 is 5.73 Å². The molecule has 3 nitrogen and oxygen atoms in total. The van der Waals surface area contributed by atoms with E-state index >= 15 is 0 Å². The molecule has 0 aliphatic heterocycles. The minimum absolute atomic E-state index is 0.0432. The standard InChI is InChI=1S/C15H20F3NO2/c1-4-7-14(9(2)3,13(20)21)11-8-10(15(16,17)18)5-6-12(11)19/h5-6,8-9H,4,7,19H2,1-3H3,(H,20,21). The van der Waals surface area contributed by atoms with Gasteiger partial charge in [0.25, 0.3) is 0 Å². The van der Waals surface area contributed by atoms with Crippen molar-refractivity contribution < 1.29 is 23.1 Å².